The number of fused-ring (bicyclic) bond motifs is 1. The van der Waals surface area contributed by atoms with E-state index in [0.717, 1.165) is 22.3 Å². The summed E-state index contributed by atoms with van der Waals surface area (Å²) < 4.78 is 25.5. The van der Waals surface area contributed by atoms with E-state index in [1.807, 2.05) is 36.4 Å². The molecule has 0 bridgehead atoms. The topological polar surface area (TPSA) is 112 Å². The summed E-state index contributed by atoms with van der Waals surface area (Å²) in [6, 6.07) is 14.5. The van der Waals surface area contributed by atoms with Gasteiger partial charge in [0.15, 0.2) is 0 Å². The Morgan fingerprint density at radius 2 is 1.97 bits per heavy atom. The fourth-order valence-corrected chi connectivity index (χ4v) is 3.26. The maximum Gasteiger partial charge on any atom is 0.248 e. The molecule has 0 spiro atoms. The molecular weight excluding hydrogens is 392 g/mol. The van der Waals surface area contributed by atoms with Gasteiger partial charge < -0.3 is 10.3 Å². The third-order valence-corrected chi connectivity index (χ3v) is 5.11. The second kappa shape index (κ2) is 7.86. The molecule has 3 aromatic heterocycles. The lowest BCUT2D eigenvalue weighted by Gasteiger charge is -2.13. The number of hydrogen-bond donors (Lipinski definition) is 3. The highest BCUT2D eigenvalue weighted by Crippen LogP contribution is 2.26. The maximum atomic E-state index is 11.3. The lowest BCUT2D eigenvalue weighted by atomic mass is 10.0. The van der Waals surface area contributed by atoms with Crippen molar-refractivity contribution in [1.29, 1.82) is 0 Å². The van der Waals surface area contributed by atoms with E-state index in [0.29, 0.717) is 11.6 Å². The minimum absolute atomic E-state index is 0.194. The van der Waals surface area contributed by atoms with Gasteiger partial charge in [-0.2, -0.15) is 0 Å². The molecule has 0 atom stereocenters. The van der Waals surface area contributed by atoms with Gasteiger partial charge in [0.25, 0.3) is 0 Å². The standard InChI is InChI=1S/C19H18N6O3S/c1-24(29(27)28)12-13-4-2-3-5-16(13)17-8-7-15-11-21-19(23-25(15)17)22-14-6-9-18(26)20-10-14/h2-11,29H,12H2,1H3,(H,20,26)(H,22,23). The van der Waals surface area contributed by atoms with Crippen LogP contribution in [0.25, 0.3) is 16.8 Å². The van der Waals surface area contributed by atoms with Gasteiger partial charge in [0, 0.05) is 31.4 Å². The van der Waals surface area contributed by atoms with E-state index in [9.17, 15) is 13.2 Å². The number of benzene rings is 1. The lowest BCUT2D eigenvalue weighted by molar-refractivity contribution is 0.487. The molecule has 0 amide bonds. The van der Waals surface area contributed by atoms with Crippen LogP contribution in [0.1, 0.15) is 5.56 Å². The SMILES string of the molecule is CN(Cc1ccccc1-c1ccc2cnc(Nc3ccc(=O)[nH]c3)nn12)[SH](=O)=O. The molecule has 0 saturated heterocycles. The highest BCUT2D eigenvalue weighted by molar-refractivity contribution is 7.69. The molecule has 10 heteroatoms. The molecule has 29 heavy (non-hydrogen) atoms. The first-order chi connectivity index (χ1) is 14.0. The largest absolute Gasteiger partial charge is 0.327 e. The first-order valence-electron chi connectivity index (χ1n) is 8.75. The van der Waals surface area contributed by atoms with Crippen molar-refractivity contribution in [2.24, 2.45) is 0 Å². The first kappa shape index (κ1) is 18.8. The number of nitrogens with one attached hydrogen (secondary N) is 2. The van der Waals surface area contributed by atoms with E-state index in [1.54, 1.807) is 23.0 Å². The van der Waals surface area contributed by atoms with Crippen LogP contribution in [0.2, 0.25) is 0 Å². The summed E-state index contributed by atoms with van der Waals surface area (Å²) in [7, 11) is -1.13. The normalized spacial score (nSPS) is 11.4. The molecule has 1 aromatic carbocycles. The summed E-state index contributed by atoms with van der Waals surface area (Å²) in [5.41, 5.74) is 3.81. The minimum atomic E-state index is -2.66. The molecular formula is C19H18N6O3S. The summed E-state index contributed by atoms with van der Waals surface area (Å²) in [6.07, 6.45) is 3.23. The van der Waals surface area contributed by atoms with Crippen LogP contribution in [-0.4, -0.2) is 39.4 Å². The number of pyridine rings is 1. The average Bonchev–Trinajstić information content (AvgIpc) is 3.13. The molecule has 4 aromatic rings. The summed E-state index contributed by atoms with van der Waals surface area (Å²) >= 11 is 0. The van der Waals surface area contributed by atoms with Gasteiger partial charge in [0.05, 0.1) is 23.1 Å². The van der Waals surface area contributed by atoms with Gasteiger partial charge in [-0.3, -0.25) is 4.79 Å². The Morgan fingerprint density at radius 1 is 1.14 bits per heavy atom. The van der Waals surface area contributed by atoms with E-state index in [1.165, 1.54) is 17.4 Å². The van der Waals surface area contributed by atoms with Crippen molar-refractivity contribution in [2.45, 2.75) is 6.54 Å². The molecule has 9 nitrogen and oxygen atoms in total. The molecule has 2 N–H and O–H groups in total. The van der Waals surface area contributed by atoms with Crippen molar-refractivity contribution in [1.82, 2.24) is 23.9 Å². The second-order valence-electron chi connectivity index (χ2n) is 6.41. The smallest absolute Gasteiger partial charge is 0.248 e. The van der Waals surface area contributed by atoms with Crippen molar-refractivity contribution >= 4 is 28.0 Å². The Bertz CT molecular complexity index is 1280. The predicted molar refractivity (Wildman–Crippen MR) is 111 cm³/mol. The predicted octanol–water partition coefficient (Wildman–Crippen LogP) is 1.79. The van der Waals surface area contributed by atoms with Crippen molar-refractivity contribution in [3.8, 4) is 11.3 Å². The zero-order chi connectivity index (χ0) is 20.4. The van der Waals surface area contributed by atoms with Crippen LogP contribution in [0.5, 0.6) is 0 Å². The van der Waals surface area contributed by atoms with Gasteiger partial charge in [0.1, 0.15) is 0 Å². The van der Waals surface area contributed by atoms with Crippen LogP contribution >= 0.6 is 0 Å². The molecule has 148 valence electrons. The Balaban J connectivity index is 1.73. The van der Waals surface area contributed by atoms with Gasteiger partial charge in [-0.15, -0.1) is 5.10 Å². The van der Waals surface area contributed by atoms with E-state index in [4.69, 9.17) is 0 Å². The average molecular weight is 410 g/mol. The van der Waals surface area contributed by atoms with Gasteiger partial charge in [-0.1, -0.05) is 24.3 Å². The Morgan fingerprint density at radius 3 is 2.72 bits per heavy atom. The van der Waals surface area contributed by atoms with Crippen LogP contribution in [0, 0.1) is 0 Å². The Kier molecular flexibility index (Phi) is 5.10. The number of rotatable bonds is 6. The highest BCUT2D eigenvalue weighted by Gasteiger charge is 2.13. The van der Waals surface area contributed by atoms with Crippen molar-refractivity contribution in [3.63, 3.8) is 0 Å². The molecule has 0 radical (unpaired) electrons. The van der Waals surface area contributed by atoms with Crippen molar-refractivity contribution in [2.75, 3.05) is 12.4 Å². The fraction of sp³-hybridized carbons (Fsp3) is 0.105. The number of thiol groups is 1. The fourth-order valence-electron chi connectivity index (χ4n) is 2.99. The van der Waals surface area contributed by atoms with E-state index in [2.05, 4.69) is 20.4 Å². The monoisotopic (exact) mass is 410 g/mol. The van der Waals surface area contributed by atoms with E-state index in [-0.39, 0.29) is 12.1 Å². The number of aromatic amines is 1. The van der Waals surface area contributed by atoms with Gasteiger partial charge in [-0.25, -0.2) is 22.2 Å². The van der Waals surface area contributed by atoms with Crippen LogP contribution in [0.3, 0.4) is 0 Å². The molecule has 0 saturated carbocycles. The van der Waals surface area contributed by atoms with Gasteiger partial charge in [0.2, 0.25) is 22.4 Å². The summed E-state index contributed by atoms with van der Waals surface area (Å²) in [4.78, 5) is 18.1. The van der Waals surface area contributed by atoms with E-state index < -0.39 is 10.9 Å². The van der Waals surface area contributed by atoms with Crippen LogP contribution in [0.4, 0.5) is 11.6 Å². The Labute approximate surface area is 167 Å². The number of hydrogen-bond acceptors (Lipinski definition) is 6. The van der Waals surface area contributed by atoms with Gasteiger partial charge >= 0.3 is 0 Å². The number of aromatic nitrogens is 4. The lowest BCUT2D eigenvalue weighted by Crippen LogP contribution is -2.16. The number of H-pyrrole nitrogens is 1. The Hall–Kier alpha value is -3.50. The summed E-state index contributed by atoms with van der Waals surface area (Å²) in [5, 5.41) is 7.61. The minimum Gasteiger partial charge on any atom is -0.327 e. The highest BCUT2D eigenvalue weighted by atomic mass is 32.2. The molecule has 4 rings (SSSR count). The quantitative estimate of drug-likeness (QED) is 0.418. The van der Waals surface area contributed by atoms with Crippen LogP contribution < -0.4 is 10.9 Å². The third-order valence-electron chi connectivity index (χ3n) is 4.41. The van der Waals surface area contributed by atoms with Crippen LogP contribution in [0.15, 0.2) is 65.7 Å². The maximum absolute atomic E-state index is 11.3. The molecule has 0 unspecified atom stereocenters. The van der Waals surface area contributed by atoms with Crippen molar-refractivity contribution in [3.05, 3.63) is 76.8 Å². The number of anilines is 2. The third kappa shape index (κ3) is 4.03. The number of nitrogens with zero attached hydrogens (tertiary/aromatic N) is 4. The second-order valence-corrected chi connectivity index (χ2v) is 7.57. The summed E-state index contributed by atoms with van der Waals surface area (Å²) in [6.45, 7) is 0.260. The van der Waals surface area contributed by atoms with Crippen molar-refractivity contribution < 1.29 is 8.42 Å². The van der Waals surface area contributed by atoms with E-state index >= 15 is 0 Å². The molecule has 0 aliphatic heterocycles. The van der Waals surface area contributed by atoms with Gasteiger partial charge in [-0.05, 0) is 23.8 Å². The summed E-state index contributed by atoms with van der Waals surface area (Å²) in [5.74, 6) is 0.360. The molecule has 3 heterocycles. The molecule has 0 fully saturated rings. The molecule has 0 aliphatic carbocycles. The first-order valence-corrected chi connectivity index (χ1v) is 9.88. The zero-order valence-corrected chi connectivity index (χ0v) is 16.3. The molecule has 0 aliphatic rings. The zero-order valence-electron chi connectivity index (χ0n) is 15.4. The van der Waals surface area contributed by atoms with Crippen LogP contribution in [-0.2, 0) is 17.4 Å².